The van der Waals surface area contributed by atoms with E-state index in [1.54, 1.807) is 6.33 Å². The van der Waals surface area contributed by atoms with Gasteiger partial charge in [0.05, 0.1) is 0 Å². The van der Waals surface area contributed by atoms with E-state index in [0.29, 0.717) is 0 Å². The molecule has 0 bridgehead atoms. The molecule has 4 rings (SSSR count). The molecule has 0 N–H and O–H groups in total. The summed E-state index contributed by atoms with van der Waals surface area (Å²) in [6.45, 7) is 3.27. The van der Waals surface area contributed by atoms with E-state index in [9.17, 15) is 0 Å². The van der Waals surface area contributed by atoms with E-state index < -0.39 is 0 Å². The third kappa shape index (κ3) is 2.39. The molecule has 0 saturated carbocycles. The second-order valence-corrected chi connectivity index (χ2v) is 6.26. The first-order valence-corrected chi connectivity index (χ1v) is 8.38. The standard InChI is InChI=1S/C16H23N5/c1-2-6-10-20(9-5-1)15-14-16(18-12-17-15)21-11-7-3-4-8-13(21)19-14/h12H,1-11H2. The van der Waals surface area contributed by atoms with Crippen LogP contribution in [0.15, 0.2) is 6.33 Å². The van der Waals surface area contributed by atoms with Crippen LogP contribution in [0, 0.1) is 0 Å². The zero-order valence-corrected chi connectivity index (χ0v) is 12.6. The maximum atomic E-state index is 4.92. The fourth-order valence-electron chi connectivity index (χ4n) is 3.64. The van der Waals surface area contributed by atoms with Gasteiger partial charge in [0.2, 0.25) is 0 Å². The average Bonchev–Trinajstić information content (AvgIpc) is 2.73. The van der Waals surface area contributed by atoms with Gasteiger partial charge < -0.3 is 9.47 Å². The second kappa shape index (κ2) is 5.62. The Kier molecular flexibility index (Phi) is 3.49. The maximum Gasteiger partial charge on any atom is 0.165 e. The number of hydrogen-bond acceptors (Lipinski definition) is 4. The Balaban J connectivity index is 1.79. The molecule has 2 aliphatic heterocycles. The predicted octanol–water partition coefficient (Wildman–Crippen LogP) is 2.93. The van der Waals surface area contributed by atoms with Crippen LogP contribution in [-0.2, 0) is 13.0 Å². The summed E-state index contributed by atoms with van der Waals surface area (Å²) >= 11 is 0. The van der Waals surface area contributed by atoms with Crippen molar-refractivity contribution in [3.63, 3.8) is 0 Å². The van der Waals surface area contributed by atoms with Crippen molar-refractivity contribution in [2.75, 3.05) is 18.0 Å². The van der Waals surface area contributed by atoms with E-state index in [0.717, 1.165) is 43.0 Å². The quantitative estimate of drug-likeness (QED) is 0.808. The molecular formula is C16H23N5. The van der Waals surface area contributed by atoms with Crippen molar-refractivity contribution in [3.8, 4) is 0 Å². The molecule has 112 valence electrons. The van der Waals surface area contributed by atoms with Crippen LogP contribution in [0.2, 0.25) is 0 Å². The summed E-state index contributed by atoms with van der Waals surface area (Å²) in [5.41, 5.74) is 2.07. The molecule has 1 fully saturated rings. The van der Waals surface area contributed by atoms with E-state index in [1.807, 2.05) is 0 Å². The highest BCUT2D eigenvalue weighted by Crippen LogP contribution is 2.27. The molecule has 5 heteroatoms. The molecule has 0 radical (unpaired) electrons. The molecule has 0 atom stereocenters. The Labute approximate surface area is 125 Å². The van der Waals surface area contributed by atoms with Crippen molar-refractivity contribution in [1.29, 1.82) is 0 Å². The van der Waals surface area contributed by atoms with Gasteiger partial charge in [0, 0.05) is 26.1 Å². The number of fused-ring (bicyclic) bond motifs is 3. The summed E-state index contributed by atoms with van der Waals surface area (Å²) < 4.78 is 2.32. The first-order valence-electron chi connectivity index (χ1n) is 8.38. The molecule has 0 amide bonds. The van der Waals surface area contributed by atoms with Crippen LogP contribution in [0.3, 0.4) is 0 Å². The summed E-state index contributed by atoms with van der Waals surface area (Å²) in [4.78, 5) is 16.5. The molecule has 0 unspecified atom stereocenters. The normalized spacial score (nSPS) is 20.1. The van der Waals surface area contributed by atoms with Gasteiger partial charge in [-0.1, -0.05) is 19.3 Å². The average molecular weight is 285 g/mol. The lowest BCUT2D eigenvalue weighted by Crippen LogP contribution is -2.25. The van der Waals surface area contributed by atoms with Gasteiger partial charge in [-0.3, -0.25) is 0 Å². The molecule has 4 heterocycles. The molecule has 0 aliphatic carbocycles. The van der Waals surface area contributed by atoms with Crippen molar-refractivity contribution in [3.05, 3.63) is 12.2 Å². The molecule has 0 spiro atoms. The Morgan fingerprint density at radius 3 is 2.43 bits per heavy atom. The third-order valence-corrected chi connectivity index (χ3v) is 4.78. The number of aryl methyl sites for hydroxylation is 2. The predicted molar refractivity (Wildman–Crippen MR) is 83.6 cm³/mol. The number of imidazole rings is 1. The fourth-order valence-corrected chi connectivity index (χ4v) is 3.64. The fraction of sp³-hybridized carbons (Fsp3) is 0.688. The van der Waals surface area contributed by atoms with E-state index in [-0.39, 0.29) is 0 Å². The Morgan fingerprint density at radius 2 is 1.57 bits per heavy atom. The van der Waals surface area contributed by atoms with Crippen molar-refractivity contribution < 1.29 is 0 Å². The van der Waals surface area contributed by atoms with Crippen LogP contribution in [0.4, 0.5) is 5.82 Å². The number of hydrogen-bond donors (Lipinski definition) is 0. The van der Waals surface area contributed by atoms with Crippen molar-refractivity contribution in [1.82, 2.24) is 19.5 Å². The lowest BCUT2D eigenvalue weighted by atomic mass is 10.2. The van der Waals surface area contributed by atoms with Gasteiger partial charge in [0.1, 0.15) is 12.2 Å². The molecule has 2 aromatic rings. The minimum Gasteiger partial charge on any atom is -0.355 e. The van der Waals surface area contributed by atoms with E-state index in [4.69, 9.17) is 4.98 Å². The van der Waals surface area contributed by atoms with Crippen molar-refractivity contribution >= 4 is 17.0 Å². The Morgan fingerprint density at radius 1 is 0.810 bits per heavy atom. The minimum atomic E-state index is 1.02. The summed E-state index contributed by atoms with van der Waals surface area (Å²) in [5.74, 6) is 2.27. The maximum absolute atomic E-state index is 4.92. The first kappa shape index (κ1) is 13.0. The largest absolute Gasteiger partial charge is 0.355 e. The smallest absolute Gasteiger partial charge is 0.165 e. The van der Waals surface area contributed by atoms with E-state index in [1.165, 1.54) is 50.8 Å². The summed E-state index contributed by atoms with van der Waals surface area (Å²) in [7, 11) is 0. The molecule has 2 aromatic heterocycles. The molecule has 2 aliphatic rings. The molecule has 0 aromatic carbocycles. The van der Waals surface area contributed by atoms with Crippen LogP contribution in [-0.4, -0.2) is 32.6 Å². The molecule has 5 nitrogen and oxygen atoms in total. The van der Waals surface area contributed by atoms with Crippen LogP contribution >= 0.6 is 0 Å². The molecule has 21 heavy (non-hydrogen) atoms. The highest BCUT2D eigenvalue weighted by molar-refractivity contribution is 5.84. The van der Waals surface area contributed by atoms with Gasteiger partial charge >= 0.3 is 0 Å². The van der Waals surface area contributed by atoms with Crippen LogP contribution in [0.25, 0.3) is 11.2 Å². The number of anilines is 1. The lowest BCUT2D eigenvalue weighted by Gasteiger charge is -2.21. The number of nitrogens with zero attached hydrogens (tertiary/aromatic N) is 5. The summed E-state index contributed by atoms with van der Waals surface area (Å²) in [5, 5.41) is 0. The van der Waals surface area contributed by atoms with Crippen molar-refractivity contribution in [2.45, 2.75) is 57.9 Å². The Bertz CT molecular complexity index is 625. The van der Waals surface area contributed by atoms with Gasteiger partial charge in [0.15, 0.2) is 17.0 Å². The van der Waals surface area contributed by atoms with Crippen LogP contribution in [0.1, 0.15) is 50.8 Å². The zero-order chi connectivity index (χ0) is 14.1. The van der Waals surface area contributed by atoms with Crippen molar-refractivity contribution in [2.24, 2.45) is 0 Å². The Hall–Kier alpha value is -1.65. The van der Waals surface area contributed by atoms with Crippen LogP contribution < -0.4 is 4.90 Å². The number of rotatable bonds is 1. The van der Waals surface area contributed by atoms with Gasteiger partial charge in [0.25, 0.3) is 0 Å². The monoisotopic (exact) mass is 285 g/mol. The SMILES string of the molecule is c1nc(N2CCCCCC2)c2nc3n(c2n1)CCCCC3. The molecular weight excluding hydrogens is 262 g/mol. The zero-order valence-electron chi connectivity index (χ0n) is 12.6. The topological polar surface area (TPSA) is 46.8 Å². The van der Waals surface area contributed by atoms with Gasteiger partial charge in [-0.25, -0.2) is 15.0 Å². The second-order valence-electron chi connectivity index (χ2n) is 6.26. The van der Waals surface area contributed by atoms with Gasteiger partial charge in [-0.05, 0) is 25.7 Å². The van der Waals surface area contributed by atoms with Gasteiger partial charge in [-0.2, -0.15) is 0 Å². The summed E-state index contributed by atoms with van der Waals surface area (Å²) in [6, 6.07) is 0. The van der Waals surface area contributed by atoms with E-state index >= 15 is 0 Å². The van der Waals surface area contributed by atoms with Gasteiger partial charge in [-0.15, -0.1) is 0 Å². The minimum absolute atomic E-state index is 1.02. The third-order valence-electron chi connectivity index (χ3n) is 4.78. The van der Waals surface area contributed by atoms with E-state index in [2.05, 4.69) is 19.4 Å². The number of aromatic nitrogens is 4. The highest BCUT2D eigenvalue weighted by Gasteiger charge is 2.21. The molecule has 1 saturated heterocycles. The lowest BCUT2D eigenvalue weighted by molar-refractivity contribution is 0.643. The highest BCUT2D eigenvalue weighted by atomic mass is 15.2. The summed E-state index contributed by atoms with van der Waals surface area (Å²) in [6.07, 6.45) is 11.8. The first-order chi connectivity index (χ1) is 10.4. The van der Waals surface area contributed by atoms with Crippen LogP contribution in [0.5, 0.6) is 0 Å².